The predicted octanol–water partition coefficient (Wildman–Crippen LogP) is 0.177. The van der Waals surface area contributed by atoms with Crippen LogP contribution in [0.15, 0.2) is 12.1 Å². The number of nitrogens with one attached hydrogen (secondary N) is 1. The standard InChI is InChI=1S/C12H14FN3O5S/c13-9-5-8(10(14)6-7(9)12(18)19)11(17)15-22(20,21)16-3-1-2-4-16/h5-6H,1-4,14H2,(H,15,17)(H,18,19). The lowest BCUT2D eigenvalue weighted by Gasteiger charge is -2.16. The van der Waals surface area contributed by atoms with E-state index < -0.39 is 39.0 Å². The van der Waals surface area contributed by atoms with Gasteiger partial charge in [-0.3, -0.25) is 4.79 Å². The summed E-state index contributed by atoms with van der Waals surface area (Å²) in [7, 11) is -4.02. The minimum atomic E-state index is -4.02. The molecule has 0 aromatic heterocycles. The van der Waals surface area contributed by atoms with Gasteiger partial charge in [0.2, 0.25) is 0 Å². The average Bonchev–Trinajstić information content (AvgIpc) is 2.94. The van der Waals surface area contributed by atoms with Gasteiger partial charge in [0.05, 0.1) is 11.1 Å². The third kappa shape index (κ3) is 3.17. The number of nitrogens with two attached hydrogens (primary N) is 1. The lowest BCUT2D eigenvalue weighted by Crippen LogP contribution is -2.42. The second-order valence-corrected chi connectivity index (χ2v) is 6.44. The van der Waals surface area contributed by atoms with Gasteiger partial charge in [0.1, 0.15) is 5.82 Å². The van der Waals surface area contributed by atoms with Crippen LogP contribution < -0.4 is 10.5 Å². The fourth-order valence-corrected chi connectivity index (χ4v) is 3.33. The first-order valence-corrected chi connectivity index (χ1v) is 7.81. The van der Waals surface area contributed by atoms with Crippen molar-refractivity contribution < 1.29 is 27.5 Å². The van der Waals surface area contributed by atoms with E-state index in [1.54, 1.807) is 4.72 Å². The van der Waals surface area contributed by atoms with Crippen molar-refractivity contribution in [2.24, 2.45) is 0 Å². The first-order chi connectivity index (χ1) is 10.2. The van der Waals surface area contributed by atoms with Crippen LogP contribution in [-0.4, -0.2) is 42.8 Å². The molecule has 1 aromatic carbocycles. The maximum atomic E-state index is 13.6. The molecular formula is C12H14FN3O5S. The zero-order valence-corrected chi connectivity index (χ0v) is 12.2. The van der Waals surface area contributed by atoms with E-state index in [1.807, 2.05) is 0 Å². The van der Waals surface area contributed by atoms with E-state index in [2.05, 4.69) is 0 Å². The fraction of sp³-hybridized carbons (Fsp3) is 0.333. The number of amides is 1. The molecule has 1 aliphatic heterocycles. The highest BCUT2D eigenvalue weighted by molar-refractivity contribution is 7.87. The molecule has 22 heavy (non-hydrogen) atoms. The Morgan fingerprint density at radius 3 is 2.36 bits per heavy atom. The molecule has 1 amide bonds. The van der Waals surface area contributed by atoms with Gasteiger partial charge >= 0.3 is 16.2 Å². The number of carboxylic acids is 1. The summed E-state index contributed by atoms with van der Waals surface area (Å²) in [6, 6.07) is 1.38. The Hall–Kier alpha value is -2.20. The Kier molecular flexibility index (Phi) is 4.33. The molecule has 0 unspecified atom stereocenters. The molecule has 0 spiro atoms. The van der Waals surface area contributed by atoms with E-state index in [9.17, 15) is 22.4 Å². The summed E-state index contributed by atoms with van der Waals surface area (Å²) in [4.78, 5) is 22.7. The topological polar surface area (TPSA) is 130 Å². The highest BCUT2D eigenvalue weighted by atomic mass is 32.2. The lowest BCUT2D eigenvalue weighted by atomic mass is 10.1. The van der Waals surface area contributed by atoms with Crippen molar-refractivity contribution in [3.8, 4) is 0 Å². The van der Waals surface area contributed by atoms with Crippen LogP contribution in [0.3, 0.4) is 0 Å². The number of carbonyl (C=O) groups is 2. The van der Waals surface area contributed by atoms with Gasteiger partial charge in [-0.05, 0) is 25.0 Å². The Morgan fingerprint density at radius 2 is 1.82 bits per heavy atom. The van der Waals surface area contributed by atoms with E-state index in [0.29, 0.717) is 32.0 Å². The van der Waals surface area contributed by atoms with Crippen molar-refractivity contribution in [3.05, 3.63) is 29.1 Å². The Bertz CT molecular complexity index is 729. The number of carbonyl (C=O) groups excluding carboxylic acids is 1. The molecule has 8 nitrogen and oxygen atoms in total. The highest BCUT2D eigenvalue weighted by Crippen LogP contribution is 2.19. The van der Waals surface area contributed by atoms with Gasteiger partial charge in [-0.15, -0.1) is 0 Å². The number of nitrogens with zero attached hydrogens (tertiary/aromatic N) is 1. The number of nitrogen functional groups attached to an aromatic ring is 1. The van der Waals surface area contributed by atoms with Gasteiger partial charge < -0.3 is 10.8 Å². The normalized spacial score (nSPS) is 15.7. The summed E-state index contributed by atoms with van der Waals surface area (Å²) in [6.07, 6.45) is 1.39. The molecule has 0 aliphatic carbocycles. The third-order valence-electron chi connectivity index (χ3n) is 3.24. The third-order valence-corrected chi connectivity index (χ3v) is 4.73. The van der Waals surface area contributed by atoms with Crippen LogP contribution >= 0.6 is 0 Å². The van der Waals surface area contributed by atoms with Crippen LogP contribution in [0, 0.1) is 5.82 Å². The number of hydrogen-bond donors (Lipinski definition) is 3. The molecule has 0 radical (unpaired) electrons. The van der Waals surface area contributed by atoms with Crippen LogP contribution in [-0.2, 0) is 10.2 Å². The molecular weight excluding hydrogens is 317 g/mol. The van der Waals surface area contributed by atoms with E-state index in [1.165, 1.54) is 0 Å². The van der Waals surface area contributed by atoms with Crippen molar-refractivity contribution in [2.45, 2.75) is 12.8 Å². The second-order valence-electron chi connectivity index (χ2n) is 4.77. The number of aromatic carboxylic acids is 1. The number of rotatable bonds is 4. The first-order valence-electron chi connectivity index (χ1n) is 6.37. The predicted molar refractivity (Wildman–Crippen MR) is 75.0 cm³/mol. The van der Waals surface area contributed by atoms with Crippen LogP contribution in [0.5, 0.6) is 0 Å². The van der Waals surface area contributed by atoms with E-state index in [4.69, 9.17) is 10.8 Å². The van der Waals surface area contributed by atoms with Gasteiger partial charge in [-0.25, -0.2) is 13.9 Å². The number of hydrogen-bond acceptors (Lipinski definition) is 5. The van der Waals surface area contributed by atoms with Crippen LogP contribution in [0.2, 0.25) is 0 Å². The number of anilines is 1. The molecule has 1 saturated heterocycles. The van der Waals surface area contributed by atoms with Crippen LogP contribution in [0.1, 0.15) is 33.6 Å². The van der Waals surface area contributed by atoms with Gasteiger partial charge in [0.15, 0.2) is 0 Å². The largest absolute Gasteiger partial charge is 0.478 e. The molecule has 120 valence electrons. The van der Waals surface area contributed by atoms with E-state index >= 15 is 0 Å². The van der Waals surface area contributed by atoms with Gasteiger partial charge in [0.25, 0.3) is 5.91 Å². The summed E-state index contributed by atoms with van der Waals surface area (Å²) in [5.74, 6) is -3.83. The smallest absolute Gasteiger partial charge is 0.338 e. The highest BCUT2D eigenvalue weighted by Gasteiger charge is 2.28. The SMILES string of the molecule is Nc1cc(C(=O)O)c(F)cc1C(=O)NS(=O)(=O)N1CCCC1. The van der Waals surface area contributed by atoms with Gasteiger partial charge in [0, 0.05) is 18.8 Å². The molecule has 2 rings (SSSR count). The average molecular weight is 331 g/mol. The Balaban J connectivity index is 2.26. The summed E-state index contributed by atoms with van der Waals surface area (Å²) >= 11 is 0. The molecule has 1 heterocycles. The van der Waals surface area contributed by atoms with Crippen molar-refractivity contribution in [1.29, 1.82) is 0 Å². The summed E-state index contributed by atoms with van der Waals surface area (Å²) in [6.45, 7) is 0.592. The quantitative estimate of drug-likeness (QED) is 0.675. The molecule has 10 heteroatoms. The molecule has 1 aromatic rings. The minimum Gasteiger partial charge on any atom is -0.478 e. The van der Waals surface area contributed by atoms with Crippen molar-refractivity contribution >= 4 is 27.8 Å². The maximum Gasteiger partial charge on any atom is 0.338 e. The monoisotopic (exact) mass is 331 g/mol. The lowest BCUT2D eigenvalue weighted by molar-refractivity contribution is 0.0691. The van der Waals surface area contributed by atoms with Gasteiger partial charge in [-0.1, -0.05) is 0 Å². The zero-order chi connectivity index (χ0) is 16.5. The Labute approximate surface area is 125 Å². The summed E-state index contributed by atoms with van der Waals surface area (Å²) in [5.41, 5.74) is 4.04. The van der Waals surface area contributed by atoms with Crippen molar-refractivity contribution in [2.75, 3.05) is 18.8 Å². The molecule has 0 bridgehead atoms. The molecule has 0 saturated carbocycles. The number of carboxylic acid groups (broad SMARTS) is 1. The van der Waals surface area contributed by atoms with Crippen molar-refractivity contribution in [3.63, 3.8) is 0 Å². The zero-order valence-electron chi connectivity index (χ0n) is 11.4. The van der Waals surface area contributed by atoms with Crippen molar-refractivity contribution in [1.82, 2.24) is 9.03 Å². The van der Waals surface area contributed by atoms with E-state index in [0.717, 1.165) is 10.4 Å². The summed E-state index contributed by atoms with van der Waals surface area (Å²) < 4.78 is 40.4. The second kappa shape index (κ2) is 5.89. The maximum absolute atomic E-state index is 13.6. The molecule has 1 aliphatic rings. The van der Waals surface area contributed by atoms with Crippen LogP contribution in [0.4, 0.5) is 10.1 Å². The minimum absolute atomic E-state index is 0.296. The number of benzene rings is 1. The number of halogens is 1. The molecule has 4 N–H and O–H groups in total. The first kappa shape index (κ1) is 16.2. The summed E-state index contributed by atoms with van der Waals surface area (Å²) in [5, 5.41) is 8.75. The molecule has 0 atom stereocenters. The van der Waals surface area contributed by atoms with E-state index in [-0.39, 0.29) is 5.69 Å². The molecule has 1 fully saturated rings. The Morgan fingerprint density at radius 1 is 1.23 bits per heavy atom. The van der Waals surface area contributed by atoms with Gasteiger partial charge in [-0.2, -0.15) is 12.7 Å². The fourth-order valence-electron chi connectivity index (χ4n) is 2.12. The van der Waals surface area contributed by atoms with Crippen LogP contribution in [0.25, 0.3) is 0 Å².